The van der Waals surface area contributed by atoms with Gasteiger partial charge in [0.25, 0.3) is 0 Å². The van der Waals surface area contributed by atoms with Crippen LogP contribution in [0.5, 0.6) is 0 Å². The lowest BCUT2D eigenvalue weighted by Gasteiger charge is -2.12. The van der Waals surface area contributed by atoms with E-state index in [4.69, 9.17) is 11.6 Å². The van der Waals surface area contributed by atoms with E-state index in [1.165, 1.54) is 18.2 Å². The highest BCUT2D eigenvalue weighted by Gasteiger charge is 2.12. The number of hydrogen-bond acceptors (Lipinski definition) is 1. The highest BCUT2D eigenvalue weighted by Crippen LogP contribution is 2.27. The largest absolute Gasteiger partial charge is 0.384 e. The Hall–Kier alpha value is -0.900. The number of aliphatic hydroxyl groups excluding tert-OH is 1. The van der Waals surface area contributed by atoms with Crippen LogP contribution < -0.4 is 0 Å². The molecule has 0 aliphatic carbocycles. The summed E-state index contributed by atoms with van der Waals surface area (Å²) in [5.74, 6) is -0.489. The lowest BCUT2D eigenvalue weighted by Crippen LogP contribution is -1.99. The first-order valence-corrected chi connectivity index (χ1v) is 6.13. The predicted molar refractivity (Wildman–Crippen MR) is 69.6 cm³/mol. The first kappa shape index (κ1) is 12.6. The Balaban J connectivity index is 2.36. The molecule has 0 fully saturated rings. The quantitative estimate of drug-likeness (QED) is 0.875. The first-order valence-electron chi connectivity index (χ1n) is 4.96. The first-order chi connectivity index (χ1) is 8.08. The zero-order valence-electron chi connectivity index (χ0n) is 8.70. The lowest BCUT2D eigenvalue weighted by molar-refractivity contribution is 0.220. The van der Waals surface area contributed by atoms with Crippen molar-refractivity contribution < 1.29 is 9.50 Å². The van der Waals surface area contributed by atoms with Crippen molar-refractivity contribution in [3.63, 3.8) is 0 Å². The number of hydrogen-bond donors (Lipinski definition) is 1. The molecule has 0 saturated carbocycles. The minimum Gasteiger partial charge on any atom is -0.384 e. The van der Waals surface area contributed by atoms with Crippen LogP contribution in [0.1, 0.15) is 17.2 Å². The predicted octanol–water partition coefficient (Wildman–Crippen LogP) is 4.32. The summed E-state index contributed by atoms with van der Waals surface area (Å²) in [6.07, 6.45) is -0.814. The molecule has 1 nitrogen and oxygen atoms in total. The fourth-order valence-electron chi connectivity index (χ4n) is 1.55. The number of halogens is 3. The van der Waals surface area contributed by atoms with Crippen molar-refractivity contribution in [2.75, 3.05) is 0 Å². The van der Waals surface area contributed by atoms with Crippen LogP contribution in [0.2, 0.25) is 5.02 Å². The van der Waals surface area contributed by atoms with Gasteiger partial charge in [0, 0.05) is 4.47 Å². The Morgan fingerprint density at radius 3 is 2.47 bits per heavy atom. The molecule has 0 aliphatic heterocycles. The summed E-state index contributed by atoms with van der Waals surface area (Å²) < 4.78 is 13.9. The van der Waals surface area contributed by atoms with Gasteiger partial charge in [0.05, 0.1) is 5.02 Å². The molecule has 2 aromatic rings. The minimum absolute atomic E-state index is 0.0107. The van der Waals surface area contributed by atoms with Crippen LogP contribution in [0, 0.1) is 5.82 Å². The fourth-order valence-corrected chi connectivity index (χ4v) is 2.16. The van der Waals surface area contributed by atoms with E-state index in [1.54, 1.807) is 6.07 Å². The van der Waals surface area contributed by atoms with E-state index in [0.717, 1.165) is 10.0 Å². The average Bonchev–Trinajstić information content (AvgIpc) is 2.32. The summed E-state index contributed by atoms with van der Waals surface area (Å²) in [5.41, 5.74) is 1.29. The van der Waals surface area contributed by atoms with Gasteiger partial charge in [-0.25, -0.2) is 4.39 Å². The third-order valence-corrected chi connectivity index (χ3v) is 3.21. The maximum Gasteiger partial charge on any atom is 0.141 e. The number of aliphatic hydroxyl groups is 1. The summed E-state index contributed by atoms with van der Waals surface area (Å²) in [6.45, 7) is 0. The van der Waals surface area contributed by atoms with E-state index in [9.17, 15) is 9.50 Å². The van der Waals surface area contributed by atoms with E-state index < -0.39 is 11.9 Å². The van der Waals surface area contributed by atoms with E-state index in [2.05, 4.69) is 15.9 Å². The van der Waals surface area contributed by atoms with Crippen LogP contribution >= 0.6 is 27.5 Å². The summed E-state index contributed by atoms with van der Waals surface area (Å²) >= 11 is 9.01. The van der Waals surface area contributed by atoms with E-state index in [0.29, 0.717) is 5.56 Å². The van der Waals surface area contributed by atoms with Gasteiger partial charge in [-0.15, -0.1) is 0 Å². The molecule has 0 spiro atoms. The van der Waals surface area contributed by atoms with Crippen molar-refractivity contribution >= 4 is 27.5 Å². The van der Waals surface area contributed by atoms with Gasteiger partial charge >= 0.3 is 0 Å². The Kier molecular flexibility index (Phi) is 3.82. The molecular weight excluding hydrogens is 306 g/mol. The zero-order chi connectivity index (χ0) is 12.4. The third kappa shape index (κ3) is 2.86. The zero-order valence-corrected chi connectivity index (χ0v) is 11.0. The van der Waals surface area contributed by atoms with Crippen molar-refractivity contribution in [1.82, 2.24) is 0 Å². The Labute approximate surface area is 112 Å². The molecule has 1 atom stereocenters. The summed E-state index contributed by atoms with van der Waals surface area (Å²) in [7, 11) is 0. The molecule has 0 saturated heterocycles. The molecule has 4 heteroatoms. The van der Waals surface area contributed by atoms with Gasteiger partial charge in [0.1, 0.15) is 11.9 Å². The van der Waals surface area contributed by atoms with Crippen LogP contribution in [0.4, 0.5) is 4.39 Å². The van der Waals surface area contributed by atoms with Crippen LogP contribution in [0.25, 0.3) is 0 Å². The van der Waals surface area contributed by atoms with Crippen LogP contribution in [0.15, 0.2) is 46.9 Å². The minimum atomic E-state index is -0.814. The molecule has 0 radical (unpaired) electrons. The monoisotopic (exact) mass is 314 g/mol. The smallest absolute Gasteiger partial charge is 0.141 e. The van der Waals surface area contributed by atoms with E-state index >= 15 is 0 Å². The van der Waals surface area contributed by atoms with Crippen LogP contribution in [-0.4, -0.2) is 5.11 Å². The lowest BCUT2D eigenvalue weighted by atomic mass is 10.0. The molecule has 0 amide bonds. The second kappa shape index (κ2) is 5.17. The van der Waals surface area contributed by atoms with Crippen molar-refractivity contribution in [2.45, 2.75) is 6.10 Å². The van der Waals surface area contributed by atoms with Gasteiger partial charge in [-0.3, -0.25) is 0 Å². The highest BCUT2D eigenvalue weighted by molar-refractivity contribution is 9.10. The molecule has 0 aromatic heterocycles. The summed E-state index contributed by atoms with van der Waals surface area (Å²) in [4.78, 5) is 0. The molecule has 0 heterocycles. The van der Waals surface area contributed by atoms with E-state index in [-0.39, 0.29) is 5.02 Å². The van der Waals surface area contributed by atoms with Crippen molar-refractivity contribution in [1.29, 1.82) is 0 Å². The van der Waals surface area contributed by atoms with Crippen LogP contribution in [0.3, 0.4) is 0 Å². The van der Waals surface area contributed by atoms with E-state index in [1.807, 2.05) is 18.2 Å². The molecule has 88 valence electrons. The Bertz CT molecular complexity index is 545. The van der Waals surface area contributed by atoms with Crippen LogP contribution in [-0.2, 0) is 0 Å². The maximum atomic E-state index is 13.0. The SMILES string of the molecule is O[C@H](c1cccc(Br)c1)c1ccc(F)c(Cl)c1. The van der Waals surface area contributed by atoms with Gasteiger partial charge in [0.15, 0.2) is 0 Å². The molecule has 0 aliphatic rings. The molecule has 0 bridgehead atoms. The topological polar surface area (TPSA) is 20.2 Å². The number of rotatable bonds is 2. The second-order valence-corrected chi connectivity index (χ2v) is 4.95. The van der Waals surface area contributed by atoms with Crippen molar-refractivity contribution in [3.8, 4) is 0 Å². The Morgan fingerprint density at radius 2 is 1.82 bits per heavy atom. The second-order valence-electron chi connectivity index (χ2n) is 3.63. The van der Waals surface area contributed by atoms with Crippen molar-refractivity contribution in [2.24, 2.45) is 0 Å². The fraction of sp³-hybridized carbons (Fsp3) is 0.0769. The highest BCUT2D eigenvalue weighted by atomic mass is 79.9. The summed E-state index contributed by atoms with van der Waals surface area (Å²) in [5, 5.41) is 10.1. The standard InChI is InChI=1S/C13H9BrClFO/c14-10-3-1-2-8(6-10)13(17)9-4-5-12(16)11(15)7-9/h1-7,13,17H/t13-/m1/s1. The van der Waals surface area contributed by atoms with Gasteiger partial charge in [-0.2, -0.15) is 0 Å². The van der Waals surface area contributed by atoms with Gasteiger partial charge < -0.3 is 5.11 Å². The molecule has 2 rings (SSSR count). The van der Waals surface area contributed by atoms with Gasteiger partial charge in [0.2, 0.25) is 0 Å². The van der Waals surface area contributed by atoms with Gasteiger partial charge in [-0.1, -0.05) is 45.7 Å². The van der Waals surface area contributed by atoms with Gasteiger partial charge in [-0.05, 0) is 35.4 Å². The normalized spacial score (nSPS) is 12.5. The maximum absolute atomic E-state index is 13.0. The molecule has 0 unspecified atom stereocenters. The Morgan fingerprint density at radius 1 is 1.12 bits per heavy atom. The molecule has 17 heavy (non-hydrogen) atoms. The molecule has 2 aromatic carbocycles. The molecule has 1 N–H and O–H groups in total. The molecular formula is C13H9BrClFO. The number of benzene rings is 2. The summed E-state index contributed by atoms with van der Waals surface area (Å²) in [6, 6.07) is 11.5. The van der Waals surface area contributed by atoms with Crippen molar-refractivity contribution in [3.05, 3.63) is 68.9 Å². The third-order valence-electron chi connectivity index (χ3n) is 2.42. The average molecular weight is 316 g/mol.